The number of thioether (sulfide) groups is 1. The molecule has 0 fully saturated rings. The zero-order valence-corrected chi connectivity index (χ0v) is 16.7. The molecule has 1 heterocycles. The van der Waals surface area contributed by atoms with Gasteiger partial charge in [-0.3, -0.25) is 9.89 Å². The van der Waals surface area contributed by atoms with E-state index < -0.39 is 5.97 Å². The number of aromatic amines is 1. The number of benzene rings is 2. The second kappa shape index (κ2) is 8.87. The molecule has 0 saturated heterocycles. The van der Waals surface area contributed by atoms with Crippen molar-refractivity contribution in [2.24, 2.45) is 0 Å². The number of anilines is 1. The van der Waals surface area contributed by atoms with Gasteiger partial charge in [-0.2, -0.15) is 5.48 Å². The van der Waals surface area contributed by atoms with Gasteiger partial charge >= 0.3 is 5.97 Å². The van der Waals surface area contributed by atoms with Crippen molar-refractivity contribution in [3.05, 3.63) is 42.5 Å². The van der Waals surface area contributed by atoms with Crippen LogP contribution in [0.2, 0.25) is 0 Å². The van der Waals surface area contributed by atoms with E-state index in [1.807, 2.05) is 38.4 Å². The molecule has 8 nitrogen and oxygen atoms in total. The molecule has 0 spiro atoms. The Bertz CT molecular complexity index is 974. The Balaban J connectivity index is 1.98. The summed E-state index contributed by atoms with van der Waals surface area (Å²) in [6.07, 6.45) is 0. The lowest BCUT2D eigenvalue weighted by atomic mass is 10.0. The second-order valence-electron chi connectivity index (χ2n) is 6.29. The lowest BCUT2D eigenvalue weighted by Gasteiger charge is -2.14. The van der Waals surface area contributed by atoms with E-state index in [-0.39, 0.29) is 5.75 Å². The normalized spacial score (nSPS) is 10.8. The van der Waals surface area contributed by atoms with Crippen LogP contribution in [-0.2, 0) is 9.63 Å². The van der Waals surface area contributed by atoms with E-state index in [4.69, 9.17) is 9.94 Å². The van der Waals surface area contributed by atoms with Gasteiger partial charge in [0.05, 0.1) is 12.9 Å². The third kappa shape index (κ3) is 4.89. The Labute approximate surface area is 166 Å². The fourth-order valence-corrected chi connectivity index (χ4v) is 3.21. The molecule has 3 rings (SSSR count). The molecule has 0 aliphatic rings. The number of aromatic nitrogens is 3. The third-order valence-corrected chi connectivity index (χ3v) is 4.80. The van der Waals surface area contributed by atoms with Crippen LogP contribution in [0.1, 0.15) is 0 Å². The van der Waals surface area contributed by atoms with Gasteiger partial charge in [0.1, 0.15) is 0 Å². The Hall–Kier alpha value is -2.88. The number of carboxylic acid groups (broad SMARTS) is 1. The molecule has 0 radical (unpaired) electrons. The Morgan fingerprint density at radius 2 is 2.00 bits per heavy atom. The van der Waals surface area contributed by atoms with Gasteiger partial charge in [-0.1, -0.05) is 23.9 Å². The zero-order valence-electron chi connectivity index (χ0n) is 15.8. The summed E-state index contributed by atoms with van der Waals surface area (Å²) < 4.78 is 0. The van der Waals surface area contributed by atoms with Crippen molar-refractivity contribution in [2.75, 3.05) is 31.9 Å². The van der Waals surface area contributed by atoms with Gasteiger partial charge < -0.3 is 10.0 Å². The predicted octanol–water partition coefficient (Wildman–Crippen LogP) is 2.14. The van der Waals surface area contributed by atoms with Crippen molar-refractivity contribution < 1.29 is 20.2 Å². The number of aliphatic carboxylic acids is 1. The Morgan fingerprint density at radius 3 is 2.71 bits per heavy atom. The molecule has 0 aliphatic carbocycles. The first-order valence-electron chi connectivity index (χ1n) is 8.52. The quantitative estimate of drug-likeness (QED) is 0.302. The molecular formula is C19H22N5O3S+. The van der Waals surface area contributed by atoms with Crippen LogP contribution in [0, 0.1) is 0 Å². The SMILES string of the molecule is CO[NH2+]c1cc(-c2cccc(N(C)C)c2)cc(-c2nc(SCC(=O)O)n[nH]2)c1. The van der Waals surface area contributed by atoms with E-state index >= 15 is 0 Å². The number of quaternary nitrogens is 1. The van der Waals surface area contributed by atoms with Crippen LogP contribution in [0.3, 0.4) is 0 Å². The molecule has 2 aromatic carbocycles. The molecule has 4 N–H and O–H groups in total. The van der Waals surface area contributed by atoms with Crippen molar-refractivity contribution in [1.82, 2.24) is 15.2 Å². The lowest BCUT2D eigenvalue weighted by Crippen LogP contribution is -2.75. The van der Waals surface area contributed by atoms with Crippen molar-refractivity contribution >= 4 is 29.1 Å². The van der Waals surface area contributed by atoms with E-state index in [0.717, 1.165) is 39.8 Å². The fraction of sp³-hybridized carbons (Fsp3) is 0.211. The minimum absolute atomic E-state index is 0.0859. The Kier molecular flexibility index (Phi) is 6.30. The van der Waals surface area contributed by atoms with Crippen molar-refractivity contribution in [1.29, 1.82) is 0 Å². The Morgan fingerprint density at radius 1 is 1.21 bits per heavy atom. The number of carbonyl (C=O) groups is 1. The van der Waals surface area contributed by atoms with Gasteiger partial charge in [-0.25, -0.2) is 9.82 Å². The maximum absolute atomic E-state index is 10.7. The molecule has 146 valence electrons. The monoisotopic (exact) mass is 400 g/mol. The fourth-order valence-electron chi connectivity index (χ4n) is 2.69. The van der Waals surface area contributed by atoms with E-state index in [1.165, 1.54) is 0 Å². The third-order valence-electron chi connectivity index (χ3n) is 3.97. The van der Waals surface area contributed by atoms with Gasteiger partial charge in [0.2, 0.25) is 5.16 Å². The standard InChI is InChI=1S/C19H21N5O3S/c1-24(2)16-6-4-5-12(10-16)13-7-14(9-15(8-13)23-27-3)18-20-19(22-21-18)28-11-17(25)26/h4-10,23H,11H2,1-3H3,(H,25,26)(H,20,21,22)/p+1. The summed E-state index contributed by atoms with van der Waals surface area (Å²) in [6.45, 7) is 0. The van der Waals surface area contributed by atoms with Gasteiger partial charge in [0.25, 0.3) is 0 Å². The van der Waals surface area contributed by atoms with Gasteiger partial charge in [-0.05, 0) is 29.3 Å². The molecule has 1 aromatic heterocycles. The average Bonchev–Trinajstić information content (AvgIpc) is 3.16. The average molecular weight is 400 g/mol. The van der Waals surface area contributed by atoms with Crippen LogP contribution in [0.15, 0.2) is 47.6 Å². The number of carboxylic acids is 1. The summed E-state index contributed by atoms with van der Waals surface area (Å²) in [5.74, 6) is -0.419. The summed E-state index contributed by atoms with van der Waals surface area (Å²) in [6, 6.07) is 14.2. The number of hydrogen-bond acceptors (Lipinski definition) is 6. The van der Waals surface area contributed by atoms with Crippen molar-refractivity contribution in [3.63, 3.8) is 0 Å². The molecule has 28 heavy (non-hydrogen) atoms. The van der Waals surface area contributed by atoms with E-state index in [0.29, 0.717) is 11.0 Å². The highest BCUT2D eigenvalue weighted by Crippen LogP contribution is 2.30. The summed E-state index contributed by atoms with van der Waals surface area (Å²) in [7, 11) is 5.61. The minimum Gasteiger partial charge on any atom is -0.481 e. The first-order valence-corrected chi connectivity index (χ1v) is 9.51. The van der Waals surface area contributed by atoms with Crippen molar-refractivity contribution in [2.45, 2.75) is 5.16 Å². The molecule has 0 bridgehead atoms. The molecule has 0 saturated carbocycles. The highest BCUT2D eigenvalue weighted by Gasteiger charge is 2.13. The molecule has 0 atom stereocenters. The number of H-pyrrole nitrogens is 1. The first kappa shape index (κ1) is 19.9. The number of nitrogens with zero attached hydrogens (tertiary/aromatic N) is 3. The highest BCUT2D eigenvalue weighted by atomic mass is 32.2. The number of nitrogens with one attached hydrogen (secondary N) is 1. The molecule has 9 heteroatoms. The van der Waals surface area contributed by atoms with Gasteiger partial charge in [-0.15, -0.1) is 5.10 Å². The van der Waals surface area contributed by atoms with E-state index in [9.17, 15) is 4.79 Å². The summed E-state index contributed by atoms with van der Waals surface area (Å²) in [5.41, 5.74) is 6.58. The lowest BCUT2D eigenvalue weighted by molar-refractivity contribution is -0.830. The van der Waals surface area contributed by atoms with E-state index in [1.54, 1.807) is 12.6 Å². The number of rotatable bonds is 8. The highest BCUT2D eigenvalue weighted by molar-refractivity contribution is 7.99. The minimum atomic E-state index is -0.906. The molecular weight excluding hydrogens is 378 g/mol. The van der Waals surface area contributed by atoms with Crippen LogP contribution in [-0.4, -0.2) is 53.2 Å². The van der Waals surface area contributed by atoms with Crippen molar-refractivity contribution in [3.8, 4) is 22.5 Å². The largest absolute Gasteiger partial charge is 0.481 e. The van der Waals surface area contributed by atoms with Gasteiger partial charge in [0, 0.05) is 37.5 Å². The maximum atomic E-state index is 10.7. The summed E-state index contributed by atoms with van der Waals surface area (Å²) in [4.78, 5) is 22.4. The smallest absolute Gasteiger partial charge is 0.313 e. The predicted molar refractivity (Wildman–Crippen MR) is 109 cm³/mol. The number of nitrogens with two attached hydrogens (primary N) is 1. The summed E-state index contributed by atoms with van der Waals surface area (Å²) in [5, 5.41) is 16.2. The van der Waals surface area contributed by atoms with Gasteiger partial charge in [0.15, 0.2) is 11.5 Å². The van der Waals surface area contributed by atoms with Crippen LogP contribution >= 0.6 is 11.8 Å². The molecule has 0 aliphatic heterocycles. The number of hydrogen-bond donors (Lipinski definition) is 3. The van der Waals surface area contributed by atoms with Crippen LogP contribution in [0.4, 0.5) is 11.4 Å². The van der Waals surface area contributed by atoms with Crippen LogP contribution < -0.4 is 10.4 Å². The summed E-state index contributed by atoms with van der Waals surface area (Å²) >= 11 is 1.07. The molecule has 0 amide bonds. The molecule has 0 unspecified atom stereocenters. The maximum Gasteiger partial charge on any atom is 0.313 e. The van der Waals surface area contributed by atoms with E-state index in [2.05, 4.69) is 38.3 Å². The topological polar surface area (TPSA) is 108 Å². The zero-order chi connectivity index (χ0) is 20.1. The molecule has 3 aromatic rings. The van der Waals surface area contributed by atoms with Crippen LogP contribution in [0.5, 0.6) is 0 Å². The first-order chi connectivity index (χ1) is 13.5. The second-order valence-corrected chi connectivity index (χ2v) is 7.23. The van der Waals surface area contributed by atoms with Crippen LogP contribution in [0.25, 0.3) is 22.5 Å².